The van der Waals surface area contributed by atoms with Gasteiger partial charge in [0.05, 0.1) is 0 Å². The van der Waals surface area contributed by atoms with Gasteiger partial charge in [-0.25, -0.2) is 0 Å². The highest BCUT2D eigenvalue weighted by atomic mass is 16.1. The van der Waals surface area contributed by atoms with Crippen molar-refractivity contribution in [2.75, 3.05) is 33.2 Å². The summed E-state index contributed by atoms with van der Waals surface area (Å²) in [6.07, 6.45) is 4.04. The van der Waals surface area contributed by atoms with E-state index in [2.05, 4.69) is 24.2 Å². The summed E-state index contributed by atoms with van der Waals surface area (Å²) in [6, 6.07) is 0. The molecule has 0 aromatic rings. The van der Waals surface area contributed by atoms with E-state index in [0.29, 0.717) is 24.8 Å². The van der Waals surface area contributed by atoms with Crippen LogP contribution in [0.3, 0.4) is 0 Å². The zero-order chi connectivity index (χ0) is 12.7. The van der Waals surface area contributed by atoms with E-state index in [1.165, 1.54) is 19.4 Å². The number of hydrogen-bond acceptors (Lipinski definition) is 3. The highest BCUT2D eigenvalue weighted by Gasteiger charge is 2.18. The molecule has 1 aliphatic heterocycles. The highest BCUT2D eigenvalue weighted by Crippen LogP contribution is 2.14. The van der Waals surface area contributed by atoms with Crippen molar-refractivity contribution in [1.82, 2.24) is 10.2 Å². The molecule has 0 aromatic heterocycles. The Kier molecular flexibility index (Phi) is 6.52. The van der Waals surface area contributed by atoms with Crippen LogP contribution >= 0.6 is 0 Å². The van der Waals surface area contributed by atoms with E-state index in [1.54, 1.807) is 0 Å². The molecule has 0 aliphatic carbocycles. The Morgan fingerprint density at radius 3 is 2.94 bits per heavy atom. The van der Waals surface area contributed by atoms with Gasteiger partial charge in [-0.05, 0) is 44.8 Å². The van der Waals surface area contributed by atoms with Gasteiger partial charge in [-0.3, -0.25) is 4.79 Å². The lowest BCUT2D eigenvalue weighted by molar-refractivity contribution is -0.122. The van der Waals surface area contributed by atoms with Crippen molar-refractivity contribution in [3.63, 3.8) is 0 Å². The van der Waals surface area contributed by atoms with Crippen molar-refractivity contribution in [2.45, 2.75) is 32.6 Å². The second-order valence-electron chi connectivity index (χ2n) is 5.29. The minimum atomic E-state index is 0.163. The van der Waals surface area contributed by atoms with Gasteiger partial charge in [0.25, 0.3) is 0 Å². The predicted molar refractivity (Wildman–Crippen MR) is 70.7 cm³/mol. The van der Waals surface area contributed by atoms with Crippen LogP contribution in [0.5, 0.6) is 0 Å². The Morgan fingerprint density at radius 2 is 2.35 bits per heavy atom. The van der Waals surface area contributed by atoms with Crippen molar-refractivity contribution in [2.24, 2.45) is 17.6 Å². The molecule has 1 aliphatic rings. The normalized spacial score (nSPS) is 23.4. The largest absolute Gasteiger partial charge is 0.356 e. The van der Waals surface area contributed by atoms with E-state index in [9.17, 15) is 4.79 Å². The first-order chi connectivity index (χ1) is 8.15. The SMILES string of the molecule is CCC(CN)CC(=O)NCC1CCCN(C)C1. The molecular weight excluding hydrogens is 214 g/mol. The monoisotopic (exact) mass is 241 g/mol. The van der Waals surface area contributed by atoms with Gasteiger partial charge in [0.2, 0.25) is 5.91 Å². The molecule has 0 saturated carbocycles. The molecule has 0 aromatic carbocycles. The molecule has 1 heterocycles. The van der Waals surface area contributed by atoms with E-state index in [-0.39, 0.29) is 5.91 Å². The third kappa shape index (κ3) is 5.50. The van der Waals surface area contributed by atoms with Crippen LogP contribution in [0.15, 0.2) is 0 Å². The maximum atomic E-state index is 11.7. The lowest BCUT2D eigenvalue weighted by Gasteiger charge is -2.29. The van der Waals surface area contributed by atoms with Gasteiger partial charge in [0.15, 0.2) is 0 Å². The van der Waals surface area contributed by atoms with Crippen LogP contribution in [-0.4, -0.2) is 44.0 Å². The Hall–Kier alpha value is -0.610. The smallest absolute Gasteiger partial charge is 0.220 e. The molecule has 3 N–H and O–H groups in total. The van der Waals surface area contributed by atoms with Crippen molar-refractivity contribution >= 4 is 5.91 Å². The molecule has 0 spiro atoms. The van der Waals surface area contributed by atoms with Crippen molar-refractivity contribution in [1.29, 1.82) is 0 Å². The zero-order valence-corrected chi connectivity index (χ0v) is 11.2. The summed E-state index contributed by atoms with van der Waals surface area (Å²) < 4.78 is 0. The summed E-state index contributed by atoms with van der Waals surface area (Å²) >= 11 is 0. The van der Waals surface area contributed by atoms with E-state index in [1.807, 2.05) is 0 Å². The van der Waals surface area contributed by atoms with Gasteiger partial charge in [0, 0.05) is 19.5 Å². The number of nitrogens with one attached hydrogen (secondary N) is 1. The fraction of sp³-hybridized carbons (Fsp3) is 0.923. The lowest BCUT2D eigenvalue weighted by Crippen LogP contribution is -2.39. The minimum absolute atomic E-state index is 0.163. The summed E-state index contributed by atoms with van der Waals surface area (Å²) in [5.74, 6) is 1.12. The number of rotatable bonds is 6. The zero-order valence-electron chi connectivity index (χ0n) is 11.2. The van der Waals surface area contributed by atoms with Crippen molar-refractivity contribution in [3.8, 4) is 0 Å². The molecule has 4 heteroatoms. The minimum Gasteiger partial charge on any atom is -0.356 e. The van der Waals surface area contributed by atoms with E-state index in [0.717, 1.165) is 19.5 Å². The number of amides is 1. The van der Waals surface area contributed by atoms with Crippen LogP contribution < -0.4 is 11.1 Å². The number of nitrogens with zero attached hydrogens (tertiary/aromatic N) is 1. The molecule has 1 rings (SSSR count). The van der Waals surface area contributed by atoms with Gasteiger partial charge >= 0.3 is 0 Å². The van der Waals surface area contributed by atoms with E-state index < -0.39 is 0 Å². The summed E-state index contributed by atoms with van der Waals surface area (Å²) in [4.78, 5) is 14.1. The molecule has 1 saturated heterocycles. The van der Waals surface area contributed by atoms with Gasteiger partial charge in [0.1, 0.15) is 0 Å². The fourth-order valence-corrected chi connectivity index (χ4v) is 2.43. The van der Waals surface area contributed by atoms with Crippen LogP contribution in [0, 0.1) is 11.8 Å². The number of carbonyl (C=O) groups excluding carboxylic acids is 1. The standard InChI is InChI=1S/C13H27N3O/c1-3-11(8-14)7-13(17)15-9-12-5-4-6-16(2)10-12/h11-12H,3-10,14H2,1-2H3,(H,15,17). The Morgan fingerprint density at radius 1 is 1.59 bits per heavy atom. The number of nitrogens with two attached hydrogens (primary N) is 1. The Bertz CT molecular complexity index is 229. The Balaban J connectivity index is 2.18. The van der Waals surface area contributed by atoms with Crippen molar-refractivity contribution < 1.29 is 4.79 Å². The molecule has 0 bridgehead atoms. The molecule has 1 amide bonds. The van der Waals surface area contributed by atoms with E-state index >= 15 is 0 Å². The van der Waals surface area contributed by atoms with Gasteiger partial charge < -0.3 is 16.0 Å². The van der Waals surface area contributed by atoms with Crippen molar-refractivity contribution in [3.05, 3.63) is 0 Å². The molecule has 100 valence electrons. The maximum absolute atomic E-state index is 11.7. The molecule has 2 atom stereocenters. The quantitative estimate of drug-likeness (QED) is 0.724. The van der Waals surface area contributed by atoms with Crippen LogP contribution in [-0.2, 0) is 4.79 Å². The van der Waals surface area contributed by atoms with Crippen LogP contribution in [0.2, 0.25) is 0 Å². The van der Waals surface area contributed by atoms with Crippen LogP contribution in [0.1, 0.15) is 32.6 Å². The second-order valence-corrected chi connectivity index (χ2v) is 5.29. The number of hydrogen-bond donors (Lipinski definition) is 2. The molecule has 4 nitrogen and oxygen atoms in total. The van der Waals surface area contributed by atoms with Crippen LogP contribution in [0.4, 0.5) is 0 Å². The summed E-state index contributed by atoms with van der Waals surface area (Å²) in [6.45, 7) is 5.81. The fourth-order valence-electron chi connectivity index (χ4n) is 2.43. The third-order valence-corrected chi connectivity index (χ3v) is 3.69. The number of likely N-dealkylation sites (tertiary alicyclic amines) is 1. The number of piperidine rings is 1. The molecule has 1 fully saturated rings. The maximum Gasteiger partial charge on any atom is 0.220 e. The van der Waals surface area contributed by atoms with Crippen LogP contribution in [0.25, 0.3) is 0 Å². The third-order valence-electron chi connectivity index (χ3n) is 3.69. The first-order valence-corrected chi connectivity index (χ1v) is 6.81. The van der Waals surface area contributed by atoms with Gasteiger partial charge in [-0.2, -0.15) is 0 Å². The lowest BCUT2D eigenvalue weighted by atomic mass is 9.98. The molecule has 17 heavy (non-hydrogen) atoms. The average Bonchev–Trinajstić information content (AvgIpc) is 2.33. The number of carbonyl (C=O) groups is 1. The molecular formula is C13H27N3O. The second kappa shape index (κ2) is 7.67. The van der Waals surface area contributed by atoms with Gasteiger partial charge in [-0.15, -0.1) is 0 Å². The first-order valence-electron chi connectivity index (χ1n) is 6.81. The highest BCUT2D eigenvalue weighted by molar-refractivity contribution is 5.76. The van der Waals surface area contributed by atoms with E-state index in [4.69, 9.17) is 5.73 Å². The average molecular weight is 241 g/mol. The first kappa shape index (κ1) is 14.5. The molecule has 0 radical (unpaired) electrons. The predicted octanol–water partition coefficient (Wildman–Crippen LogP) is 0.819. The topological polar surface area (TPSA) is 58.4 Å². The summed E-state index contributed by atoms with van der Waals surface area (Å²) in [7, 11) is 2.15. The summed E-state index contributed by atoms with van der Waals surface area (Å²) in [5.41, 5.74) is 5.60. The van der Waals surface area contributed by atoms with Gasteiger partial charge in [-0.1, -0.05) is 13.3 Å². The summed E-state index contributed by atoms with van der Waals surface area (Å²) in [5, 5.41) is 3.05. The Labute approximate surface area is 105 Å². The molecule has 2 unspecified atom stereocenters.